The van der Waals surface area contributed by atoms with Crippen LogP contribution in [0.2, 0.25) is 0 Å². The standard InChI is InChI=1S/C15H24N2O/c1-4-13(11-15(18)17-10-9-16-3)14-7-5-12(2)6-8-14/h5-8,13,16H,4,9-11H2,1-3H3,(H,17,18). The summed E-state index contributed by atoms with van der Waals surface area (Å²) in [5.41, 5.74) is 2.51. The van der Waals surface area contributed by atoms with Gasteiger partial charge in [-0.15, -0.1) is 0 Å². The van der Waals surface area contributed by atoms with Crippen molar-refractivity contribution in [3.05, 3.63) is 35.4 Å². The van der Waals surface area contributed by atoms with Gasteiger partial charge in [0.2, 0.25) is 5.91 Å². The van der Waals surface area contributed by atoms with E-state index in [0.29, 0.717) is 18.9 Å². The quantitative estimate of drug-likeness (QED) is 0.726. The lowest BCUT2D eigenvalue weighted by Gasteiger charge is -2.15. The molecule has 3 heteroatoms. The topological polar surface area (TPSA) is 41.1 Å². The molecule has 100 valence electrons. The molecule has 1 unspecified atom stereocenters. The molecule has 3 nitrogen and oxygen atoms in total. The van der Waals surface area contributed by atoms with Crippen molar-refractivity contribution in [1.82, 2.24) is 10.6 Å². The summed E-state index contributed by atoms with van der Waals surface area (Å²) in [6.45, 7) is 5.72. The summed E-state index contributed by atoms with van der Waals surface area (Å²) < 4.78 is 0. The Bertz CT molecular complexity index is 359. The van der Waals surface area contributed by atoms with Gasteiger partial charge in [-0.3, -0.25) is 4.79 Å². The summed E-state index contributed by atoms with van der Waals surface area (Å²) in [5, 5.41) is 5.94. The molecule has 1 aromatic carbocycles. The minimum absolute atomic E-state index is 0.137. The van der Waals surface area contributed by atoms with Crippen LogP contribution in [0.25, 0.3) is 0 Å². The predicted octanol–water partition coefficient (Wildman–Crippen LogP) is 2.21. The Balaban J connectivity index is 2.51. The molecule has 1 rings (SSSR count). The van der Waals surface area contributed by atoms with Crippen LogP contribution >= 0.6 is 0 Å². The van der Waals surface area contributed by atoms with Crippen molar-refractivity contribution >= 4 is 5.91 Å². The third-order valence-electron chi connectivity index (χ3n) is 3.17. The van der Waals surface area contributed by atoms with Crippen LogP contribution < -0.4 is 10.6 Å². The van der Waals surface area contributed by atoms with E-state index in [-0.39, 0.29) is 5.91 Å². The zero-order valence-corrected chi connectivity index (χ0v) is 11.6. The third-order valence-corrected chi connectivity index (χ3v) is 3.17. The SMILES string of the molecule is CCC(CC(=O)NCCNC)c1ccc(C)cc1. The predicted molar refractivity (Wildman–Crippen MR) is 75.8 cm³/mol. The Labute approximate surface area is 110 Å². The van der Waals surface area contributed by atoms with E-state index in [1.807, 2.05) is 7.05 Å². The Hall–Kier alpha value is -1.35. The second-order valence-electron chi connectivity index (χ2n) is 4.67. The van der Waals surface area contributed by atoms with Gasteiger partial charge in [0.25, 0.3) is 0 Å². The van der Waals surface area contributed by atoms with Crippen molar-refractivity contribution in [3.8, 4) is 0 Å². The lowest BCUT2D eigenvalue weighted by atomic mass is 9.92. The van der Waals surface area contributed by atoms with Crippen molar-refractivity contribution in [2.45, 2.75) is 32.6 Å². The van der Waals surface area contributed by atoms with Gasteiger partial charge in [0, 0.05) is 19.5 Å². The van der Waals surface area contributed by atoms with Gasteiger partial charge in [0.15, 0.2) is 0 Å². The van der Waals surface area contributed by atoms with Gasteiger partial charge < -0.3 is 10.6 Å². The highest BCUT2D eigenvalue weighted by Gasteiger charge is 2.13. The van der Waals surface area contributed by atoms with Crippen molar-refractivity contribution in [2.75, 3.05) is 20.1 Å². The van der Waals surface area contributed by atoms with Crippen LogP contribution in [0.1, 0.15) is 36.8 Å². The van der Waals surface area contributed by atoms with E-state index in [4.69, 9.17) is 0 Å². The molecule has 18 heavy (non-hydrogen) atoms. The highest BCUT2D eigenvalue weighted by molar-refractivity contribution is 5.76. The molecule has 0 aliphatic carbocycles. The first kappa shape index (κ1) is 14.7. The molecule has 0 aliphatic rings. The molecule has 1 aromatic rings. The summed E-state index contributed by atoms with van der Waals surface area (Å²) in [6, 6.07) is 8.47. The maximum atomic E-state index is 11.8. The van der Waals surface area contributed by atoms with Crippen LogP contribution in [0.3, 0.4) is 0 Å². The number of nitrogens with one attached hydrogen (secondary N) is 2. The van der Waals surface area contributed by atoms with Gasteiger partial charge in [-0.1, -0.05) is 36.8 Å². The van der Waals surface area contributed by atoms with Crippen molar-refractivity contribution in [2.24, 2.45) is 0 Å². The molecule has 0 heterocycles. The minimum Gasteiger partial charge on any atom is -0.355 e. The Kier molecular flexibility index (Phi) is 6.44. The van der Waals surface area contributed by atoms with Crippen LogP contribution in [-0.2, 0) is 4.79 Å². The Morgan fingerprint density at radius 1 is 1.22 bits per heavy atom. The number of rotatable bonds is 7. The van der Waals surface area contributed by atoms with Crippen molar-refractivity contribution in [3.63, 3.8) is 0 Å². The van der Waals surface area contributed by atoms with Gasteiger partial charge in [-0.25, -0.2) is 0 Å². The first-order valence-electron chi connectivity index (χ1n) is 6.65. The number of hydrogen-bond acceptors (Lipinski definition) is 2. The maximum Gasteiger partial charge on any atom is 0.220 e. The number of likely N-dealkylation sites (N-methyl/N-ethyl adjacent to an activating group) is 1. The van der Waals surface area contributed by atoms with Crippen LogP contribution in [0, 0.1) is 6.92 Å². The second kappa shape index (κ2) is 7.88. The first-order chi connectivity index (χ1) is 8.67. The van der Waals surface area contributed by atoms with Gasteiger partial charge in [0.1, 0.15) is 0 Å². The van der Waals surface area contributed by atoms with Gasteiger partial charge in [0.05, 0.1) is 0 Å². The molecule has 0 saturated carbocycles. The van der Waals surface area contributed by atoms with Crippen LogP contribution in [0.5, 0.6) is 0 Å². The fourth-order valence-corrected chi connectivity index (χ4v) is 1.96. The van der Waals surface area contributed by atoms with E-state index in [9.17, 15) is 4.79 Å². The van der Waals surface area contributed by atoms with Gasteiger partial charge >= 0.3 is 0 Å². The van der Waals surface area contributed by atoms with Crippen molar-refractivity contribution < 1.29 is 4.79 Å². The molecule has 0 spiro atoms. The fraction of sp³-hybridized carbons (Fsp3) is 0.533. The summed E-state index contributed by atoms with van der Waals surface area (Å²) in [6.07, 6.45) is 1.56. The number of carbonyl (C=O) groups excluding carboxylic acids is 1. The summed E-state index contributed by atoms with van der Waals surface area (Å²) in [4.78, 5) is 11.8. The first-order valence-corrected chi connectivity index (χ1v) is 6.65. The van der Waals surface area contributed by atoms with Crippen molar-refractivity contribution in [1.29, 1.82) is 0 Å². The average Bonchev–Trinajstić information content (AvgIpc) is 2.37. The molecular weight excluding hydrogens is 224 g/mol. The van der Waals surface area contributed by atoms with E-state index in [1.165, 1.54) is 11.1 Å². The van der Waals surface area contributed by atoms with E-state index in [2.05, 4.69) is 48.7 Å². The smallest absolute Gasteiger partial charge is 0.220 e. The monoisotopic (exact) mass is 248 g/mol. The fourth-order valence-electron chi connectivity index (χ4n) is 1.96. The van der Waals surface area contributed by atoms with E-state index < -0.39 is 0 Å². The molecule has 1 atom stereocenters. The molecule has 0 aliphatic heterocycles. The molecule has 1 amide bonds. The van der Waals surface area contributed by atoms with Crippen LogP contribution in [0.4, 0.5) is 0 Å². The highest BCUT2D eigenvalue weighted by atomic mass is 16.1. The highest BCUT2D eigenvalue weighted by Crippen LogP contribution is 2.23. The number of aryl methyl sites for hydroxylation is 1. The van der Waals surface area contributed by atoms with E-state index >= 15 is 0 Å². The number of benzene rings is 1. The molecule has 0 bridgehead atoms. The average molecular weight is 248 g/mol. The summed E-state index contributed by atoms with van der Waals surface area (Å²) >= 11 is 0. The molecular formula is C15H24N2O. The minimum atomic E-state index is 0.137. The normalized spacial score (nSPS) is 12.2. The summed E-state index contributed by atoms with van der Waals surface area (Å²) in [7, 11) is 1.88. The van der Waals surface area contributed by atoms with Gasteiger partial charge in [-0.05, 0) is 31.9 Å². The molecule has 0 aromatic heterocycles. The van der Waals surface area contributed by atoms with Gasteiger partial charge in [-0.2, -0.15) is 0 Å². The number of carbonyl (C=O) groups is 1. The largest absolute Gasteiger partial charge is 0.355 e. The molecule has 2 N–H and O–H groups in total. The van der Waals surface area contributed by atoms with E-state index in [1.54, 1.807) is 0 Å². The molecule has 0 radical (unpaired) electrons. The zero-order chi connectivity index (χ0) is 13.4. The van der Waals surface area contributed by atoms with Crippen LogP contribution in [0.15, 0.2) is 24.3 Å². The Morgan fingerprint density at radius 2 is 1.89 bits per heavy atom. The molecule has 0 saturated heterocycles. The second-order valence-corrected chi connectivity index (χ2v) is 4.67. The Morgan fingerprint density at radius 3 is 2.44 bits per heavy atom. The lowest BCUT2D eigenvalue weighted by Crippen LogP contribution is -2.31. The lowest BCUT2D eigenvalue weighted by molar-refractivity contribution is -0.121. The molecule has 0 fully saturated rings. The number of amides is 1. The maximum absolute atomic E-state index is 11.8. The van der Waals surface area contributed by atoms with Crippen LogP contribution in [-0.4, -0.2) is 26.0 Å². The van der Waals surface area contributed by atoms with E-state index in [0.717, 1.165) is 13.0 Å². The zero-order valence-electron chi connectivity index (χ0n) is 11.6. The third kappa shape index (κ3) is 4.88. The number of hydrogen-bond donors (Lipinski definition) is 2. The summed E-state index contributed by atoms with van der Waals surface area (Å²) in [5.74, 6) is 0.456.